The van der Waals surface area contributed by atoms with Crippen molar-refractivity contribution in [3.05, 3.63) is 43.0 Å². The van der Waals surface area contributed by atoms with Crippen LogP contribution in [0.15, 0.2) is 43.0 Å². The summed E-state index contributed by atoms with van der Waals surface area (Å²) in [5.41, 5.74) is 0. The monoisotopic (exact) mass is 234 g/mol. The molecule has 0 unspecified atom stereocenters. The van der Waals surface area contributed by atoms with Crippen molar-refractivity contribution in [2.24, 2.45) is 0 Å². The van der Waals surface area contributed by atoms with Crippen molar-refractivity contribution >= 4 is 14.7 Å². The van der Waals surface area contributed by atoms with Gasteiger partial charge in [0.2, 0.25) is 0 Å². The van der Waals surface area contributed by atoms with Crippen LogP contribution >= 0.6 is 0 Å². The third-order valence-electron chi connectivity index (χ3n) is 2.54. The van der Waals surface area contributed by atoms with Gasteiger partial charge >= 0.3 is 0 Å². The van der Waals surface area contributed by atoms with E-state index in [4.69, 9.17) is 4.74 Å². The molecule has 2 heteroatoms. The van der Waals surface area contributed by atoms with Gasteiger partial charge in [0, 0.05) is 13.2 Å². The smallest absolute Gasteiger partial charge is 0.0570 e. The molecule has 0 N–H and O–H groups in total. The first kappa shape index (κ1) is 13.2. The summed E-state index contributed by atoms with van der Waals surface area (Å²) >= 11 is 0. The highest BCUT2D eigenvalue weighted by molar-refractivity contribution is 6.53. The SMILES string of the molecule is C=CCCCCOCC[SiH2]c1ccccc1. The molecule has 0 atom stereocenters. The first-order valence-electron chi connectivity index (χ1n) is 6.16. The Morgan fingerprint density at radius 1 is 1.12 bits per heavy atom. The summed E-state index contributed by atoms with van der Waals surface area (Å²) in [5.74, 6) is 0. The van der Waals surface area contributed by atoms with Gasteiger partial charge in [-0.15, -0.1) is 6.58 Å². The number of unbranched alkanes of at least 4 members (excludes halogenated alkanes) is 2. The van der Waals surface area contributed by atoms with Gasteiger partial charge in [-0.3, -0.25) is 0 Å². The number of hydrogen-bond donors (Lipinski definition) is 0. The van der Waals surface area contributed by atoms with Crippen LogP contribution in [-0.4, -0.2) is 22.7 Å². The van der Waals surface area contributed by atoms with E-state index in [2.05, 4.69) is 36.9 Å². The maximum Gasteiger partial charge on any atom is 0.0570 e. The summed E-state index contributed by atoms with van der Waals surface area (Å²) in [6.45, 7) is 5.56. The van der Waals surface area contributed by atoms with Crippen molar-refractivity contribution in [3.63, 3.8) is 0 Å². The van der Waals surface area contributed by atoms with E-state index in [0.29, 0.717) is 0 Å². The van der Waals surface area contributed by atoms with Crippen LogP contribution in [0.2, 0.25) is 6.04 Å². The lowest BCUT2D eigenvalue weighted by Gasteiger charge is -2.03. The molecule has 0 spiro atoms. The minimum Gasteiger partial charge on any atom is -0.382 e. The van der Waals surface area contributed by atoms with E-state index in [1.54, 1.807) is 0 Å². The van der Waals surface area contributed by atoms with E-state index in [-0.39, 0.29) is 9.52 Å². The van der Waals surface area contributed by atoms with Gasteiger partial charge in [-0.05, 0) is 25.3 Å². The number of rotatable bonds is 9. The normalized spacial score (nSPS) is 11.0. The van der Waals surface area contributed by atoms with Gasteiger partial charge in [0.1, 0.15) is 0 Å². The predicted molar refractivity (Wildman–Crippen MR) is 74.3 cm³/mol. The van der Waals surface area contributed by atoms with Crippen molar-refractivity contribution in [1.82, 2.24) is 0 Å². The summed E-state index contributed by atoms with van der Waals surface area (Å²) in [7, 11) is -0.0964. The molecule has 88 valence electrons. The van der Waals surface area contributed by atoms with Crippen molar-refractivity contribution in [2.45, 2.75) is 25.3 Å². The Balaban J connectivity index is 1.90. The van der Waals surface area contributed by atoms with Gasteiger partial charge in [-0.25, -0.2) is 0 Å². The second-order valence-corrected chi connectivity index (χ2v) is 6.01. The van der Waals surface area contributed by atoms with E-state index in [1.165, 1.54) is 24.1 Å². The van der Waals surface area contributed by atoms with Gasteiger partial charge in [0.05, 0.1) is 9.52 Å². The lowest BCUT2D eigenvalue weighted by atomic mass is 10.2. The quantitative estimate of drug-likeness (QED) is 0.362. The molecule has 1 rings (SSSR count). The average Bonchev–Trinajstić information content (AvgIpc) is 2.34. The lowest BCUT2D eigenvalue weighted by Crippen LogP contribution is -2.14. The summed E-state index contributed by atoms with van der Waals surface area (Å²) in [4.78, 5) is 0. The van der Waals surface area contributed by atoms with E-state index in [9.17, 15) is 0 Å². The molecule has 1 nitrogen and oxygen atoms in total. The summed E-state index contributed by atoms with van der Waals surface area (Å²) in [6.07, 6.45) is 5.46. The van der Waals surface area contributed by atoms with E-state index in [0.717, 1.165) is 19.6 Å². The fourth-order valence-electron chi connectivity index (χ4n) is 1.62. The first-order chi connectivity index (χ1) is 7.93. The van der Waals surface area contributed by atoms with Crippen LogP contribution < -0.4 is 5.19 Å². The molecule has 0 fully saturated rings. The number of hydrogen-bond acceptors (Lipinski definition) is 1. The van der Waals surface area contributed by atoms with Gasteiger partial charge in [-0.1, -0.05) is 41.6 Å². The molecule has 1 aromatic carbocycles. The molecule has 0 aliphatic rings. The molecule has 0 bridgehead atoms. The van der Waals surface area contributed by atoms with Crippen LogP contribution in [0.5, 0.6) is 0 Å². The number of ether oxygens (including phenoxy) is 1. The molecule has 0 aliphatic heterocycles. The standard InChI is InChI=1S/C14H22OSi/c1-2-3-4-8-11-15-12-13-16-14-9-6-5-7-10-14/h2,5-7,9-10H,1,3-4,8,11-13,16H2. The second-order valence-electron chi connectivity index (χ2n) is 3.99. The number of allylic oxidation sites excluding steroid dienone is 1. The Kier molecular flexibility index (Phi) is 7.73. The second kappa shape index (κ2) is 9.37. The average molecular weight is 234 g/mol. The molecule has 0 saturated heterocycles. The Bertz CT molecular complexity index is 271. The summed E-state index contributed by atoms with van der Waals surface area (Å²) < 4.78 is 5.60. The van der Waals surface area contributed by atoms with Gasteiger partial charge in [0.15, 0.2) is 0 Å². The number of benzene rings is 1. The van der Waals surface area contributed by atoms with Gasteiger partial charge in [0.25, 0.3) is 0 Å². The Hall–Kier alpha value is -0.863. The topological polar surface area (TPSA) is 9.23 Å². The maximum absolute atomic E-state index is 5.60. The molecular weight excluding hydrogens is 212 g/mol. The van der Waals surface area contributed by atoms with Gasteiger partial charge < -0.3 is 4.74 Å². The lowest BCUT2D eigenvalue weighted by molar-refractivity contribution is 0.144. The molecule has 0 radical (unpaired) electrons. The molecule has 0 amide bonds. The highest BCUT2D eigenvalue weighted by Crippen LogP contribution is 1.96. The van der Waals surface area contributed by atoms with Gasteiger partial charge in [-0.2, -0.15) is 0 Å². The van der Waals surface area contributed by atoms with Crippen LogP contribution in [0.25, 0.3) is 0 Å². The third-order valence-corrected chi connectivity index (χ3v) is 4.23. The summed E-state index contributed by atoms with van der Waals surface area (Å²) in [6, 6.07) is 12.0. The molecule has 1 aromatic rings. The fraction of sp³-hybridized carbons (Fsp3) is 0.429. The zero-order valence-corrected chi connectivity index (χ0v) is 11.4. The van der Waals surface area contributed by atoms with Crippen LogP contribution in [0.1, 0.15) is 19.3 Å². The predicted octanol–water partition coefficient (Wildman–Crippen LogP) is 2.27. The minimum absolute atomic E-state index is 0.0964. The van der Waals surface area contributed by atoms with Crippen LogP contribution in [-0.2, 0) is 4.74 Å². The highest BCUT2D eigenvalue weighted by atomic mass is 28.2. The van der Waals surface area contributed by atoms with E-state index < -0.39 is 0 Å². The van der Waals surface area contributed by atoms with Crippen molar-refractivity contribution in [3.8, 4) is 0 Å². The van der Waals surface area contributed by atoms with E-state index in [1.807, 2.05) is 6.08 Å². The third kappa shape index (κ3) is 6.59. The Labute approximate surface area is 101 Å². The summed E-state index contributed by atoms with van der Waals surface area (Å²) in [5, 5.41) is 1.54. The molecule has 0 saturated carbocycles. The molecule has 0 aromatic heterocycles. The zero-order valence-electron chi connectivity index (χ0n) is 10.0. The van der Waals surface area contributed by atoms with Crippen LogP contribution in [0.3, 0.4) is 0 Å². The van der Waals surface area contributed by atoms with Crippen molar-refractivity contribution in [2.75, 3.05) is 13.2 Å². The maximum atomic E-state index is 5.60. The molecule has 16 heavy (non-hydrogen) atoms. The molecular formula is C14H22OSi. The zero-order chi connectivity index (χ0) is 11.5. The molecule has 0 heterocycles. The Morgan fingerprint density at radius 2 is 1.94 bits per heavy atom. The Morgan fingerprint density at radius 3 is 2.69 bits per heavy atom. The first-order valence-corrected chi connectivity index (χ1v) is 7.87. The minimum atomic E-state index is -0.0964. The molecule has 0 aliphatic carbocycles. The van der Waals surface area contributed by atoms with Crippen molar-refractivity contribution < 1.29 is 4.74 Å². The fourth-order valence-corrected chi connectivity index (χ4v) is 2.98. The largest absolute Gasteiger partial charge is 0.382 e. The van der Waals surface area contributed by atoms with E-state index >= 15 is 0 Å². The van der Waals surface area contributed by atoms with Crippen LogP contribution in [0, 0.1) is 0 Å². The van der Waals surface area contributed by atoms with Crippen LogP contribution in [0.4, 0.5) is 0 Å². The van der Waals surface area contributed by atoms with Crippen molar-refractivity contribution in [1.29, 1.82) is 0 Å². The highest BCUT2D eigenvalue weighted by Gasteiger charge is 1.93.